The highest BCUT2D eigenvalue weighted by Crippen LogP contribution is 2.33. The Balaban J connectivity index is 2.16. The average molecular weight is 307 g/mol. The molecule has 0 aliphatic heterocycles. The third-order valence-electron chi connectivity index (χ3n) is 3.83. The summed E-state index contributed by atoms with van der Waals surface area (Å²) in [6, 6.07) is 14.3. The van der Waals surface area contributed by atoms with E-state index in [2.05, 4.69) is 6.58 Å². The van der Waals surface area contributed by atoms with E-state index in [0.29, 0.717) is 23.4 Å². The number of ketones is 1. The van der Waals surface area contributed by atoms with Crippen LogP contribution in [-0.2, 0) is 6.54 Å². The quantitative estimate of drug-likeness (QED) is 0.576. The van der Waals surface area contributed by atoms with Crippen molar-refractivity contribution in [3.63, 3.8) is 0 Å². The van der Waals surface area contributed by atoms with Crippen LogP contribution in [0.15, 0.2) is 61.2 Å². The third-order valence-corrected chi connectivity index (χ3v) is 3.83. The number of carbonyl (C=O) groups is 1. The molecular weight excluding hydrogens is 290 g/mol. The van der Waals surface area contributed by atoms with Gasteiger partial charge in [-0.2, -0.15) is 0 Å². The fraction of sp³-hybridized carbons (Fsp3) is 0.105. The van der Waals surface area contributed by atoms with E-state index in [9.17, 15) is 9.90 Å². The van der Waals surface area contributed by atoms with Crippen LogP contribution in [0.3, 0.4) is 0 Å². The number of aromatic hydroxyl groups is 1. The highest BCUT2D eigenvalue weighted by atomic mass is 16.5. The molecular formula is C19H17NO3. The summed E-state index contributed by atoms with van der Waals surface area (Å²) >= 11 is 0. The number of benzene rings is 2. The molecule has 0 saturated heterocycles. The molecule has 0 aliphatic rings. The van der Waals surface area contributed by atoms with Crippen molar-refractivity contribution in [2.24, 2.45) is 0 Å². The zero-order valence-electron chi connectivity index (χ0n) is 12.8. The van der Waals surface area contributed by atoms with Crippen molar-refractivity contribution in [2.45, 2.75) is 6.54 Å². The minimum absolute atomic E-state index is 0.0353. The maximum atomic E-state index is 12.9. The Hall–Kier alpha value is -3.01. The zero-order chi connectivity index (χ0) is 16.4. The van der Waals surface area contributed by atoms with E-state index in [1.54, 1.807) is 42.0 Å². The molecule has 23 heavy (non-hydrogen) atoms. The molecule has 0 bridgehead atoms. The Bertz CT molecular complexity index is 876. The molecule has 0 unspecified atom stereocenters. The van der Waals surface area contributed by atoms with Crippen molar-refractivity contribution in [3.8, 4) is 11.6 Å². The lowest BCUT2D eigenvalue weighted by molar-refractivity contribution is 0.103. The normalized spacial score (nSPS) is 10.7. The van der Waals surface area contributed by atoms with Crippen molar-refractivity contribution in [1.82, 2.24) is 4.57 Å². The Morgan fingerprint density at radius 2 is 1.91 bits per heavy atom. The van der Waals surface area contributed by atoms with Gasteiger partial charge in [-0.3, -0.25) is 4.79 Å². The first-order chi connectivity index (χ1) is 11.2. The fourth-order valence-corrected chi connectivity index (χ4v) is 2.71. The summed E-state index contributed by atoms with van der Waals surface area (Å²) < 4.78 is 6.79. The van der Waals surface area contributed by atoms with E-state index in [1.165, 1.54) is 0 Å². The average Bonchev–Trinajstić information content (AvgIpc) is 2.87. The summed E-state index contributed by atoms with van der Waals surface area (Å²) in [6.45, 7) is 4.14. The highest BCUT2D eigenvalue weighted by molar-refractivity contribution is 6.18. The van der Waals surface area contributed by atoms with Crippen LogP contribution < -0.4 is 4.74 Å². The van der Waals surface area contributed by atoms with Crippen molar-refractivity contribution in [2.75, 3.05) is 7.11 Å². The number of allylic oxidation sites excluding steroid dienone is 1. The van der Waals surface area contributed by atoms with Crippen molar-refractivity contribution in [1.29, 1.82) is 0 Å². The first-order valence-corrected chi connectivity index (χ1v) is 7.27. The predicted molar refractivity (Wildman–Crippen MR) is 90.2 cm³/mol. The summed E-state index contributed by atoms with van der Waals surface area (Å²) in [5.74, 6) is 0.427. The molecule has 1 N–H and O–H groups in total. The SMILES string of the molecule is C=CCn1c(O)c(C(=O)c2ccc(OC)cc2)c2ccccc21. The van der Waals surface area contributed by atoms with Crippen LogP contribution in [0.1, 0.15) is 15.9 Å². The number of nitrogens with zero attached hydrogens (tertiary/aromatic N) is 1. The standard InChI is InChI=1S/C19H17NO3/c1-3-12-20-16-7-5-4-6-15(16)17(19(20)22)18(21)13-8-10-14(23-2)11-9-13/h3-11,22H,1,12H2,2H3. The van der Waals surface area contributed by atoms with Crippen molar-refractivity contribution >= 4 is 16.7 Å². The van der Waals surface area contributed by atoms with Crippen LogP contribution in [0.25, 0.3) is 10.9 Å². The lowest BCUT2D eigenvalue weighted by Gasteiger charge is -2.04. The second kappa shape index (κ2) is 6.01. The van der Waals surface area contributed by atoms with E-state index < -0.39 is 0 Å². The van der Waals surface area contributed by atoms with Crippen molar-refractivity contribution in [3.05, 3.63) is 72.3 Å². The molecule has 0 spiro atoms. The smallest absolute Gasteiger partial charge is 0.203 e. The molecule has 4 nitrogen and oxygen atoms in total. The van der Waals surface area contributed by atoms with Crippen LogP contribution in [0.4, 0.5) is 0 Å². The Labute approximate surface area is 134 Å². The first-order valence-electron chi connectivity index (χ1n) is 7.27. The minimum atomic E-state index is -0.218. The molecule has 1 aromatic heterocycles. The Morgan fingerprint density at radius 1 is 1.22 bits per heavy atom. The molecule has 116 valence electrons. The first kappa shape index (κ1) is 14.9. The van der Waals surface area contributed by atoms with Gasteiger partial charge in [0.1, 0.15) is 5.75 Å². The van der Waals surface area contributed by atoms with Gasteiger partial charge in [-0.05, 0) is 30.3 Å². The van der Waals surface area contributed by atoms with Crippen LogP contribution in [0.5, 0.6) is 11.6 Å². The summed E-state index contributed by atoms with van der Waals surface area (Å²) in [4.78, 5) is 12.9. The van der Waals surface area contributed by atoms with Gasteiger partial charge in [0, 0.05) is 17.5 Å². The maximum absolute atomic E-state index is 12.9. The third kappa shape index (κ3) is 2.48. The van der Waals surface area contributed by atoms with Crippen LogP contribution in [0, 0.1) is 0 Å². The molecule has 0 atom stereocenters. The van der Waals surface area contributed by atoms with Gasteiger partial charge >= 0.3 is 0 Å². The minimum Gasteiger partial charge on any atom is -0.497 e. The van der Waals surface area contributed by atoms with E-state index in [-0.39, 0.29) is 11.7 Å². The maximum Gasteiger partial charge on any atom is 0.203 e. The van der Waals surface area contributed by atoms with E-state index >= 15 is 0 Å². The van der Waals surface area contributed by atoms with Gasteiger partial charge in [-0.25, -0.2) is 0 Å². The number of rotatable bonds is 5. The molecule has 3 aromatic rings. The highest BCUT2D eigenvalue weighted by Gasteiger charge is 2.22. The molecule has 1 heterocycles. The topological polar surface area (TPSA) is 51.5 Å². The van der Waals surface area contributed by atoms with Gasteiger partial charge in [0.25, 0.3) is 0 Å². The number of carbonyl (C=O) groups excluding carboxylic acids is 1. The lowest BCUT2D eigenvalue weighted by atomic mass is 10.0. The second-order valence-electron chi connectivity index (χ2n) is 5.17. The Kier molecular flexibility index (Phi) is 3.89. The lowest BCUT2D eigenvalue weighted by Crippen LogP contribution is -2.02. The summed E-state index contributed by atoms with van der Waals surface area (Å²) in [5.41, 5.74) is 1.62. The zero-order valence-corrected chi connectivity index (χ0v) is 12.8. The fourth-order valence-electron chi connectivity index (χ4n) is 2.71. The summed E-state index contributed by atoms with van der Waals surface area (Å²) in [6.07, 6.45) is 1.69. The van der Waals surface area contributed by atoms with Gasteiger partial charge in [0.15, 0.2) is 5.78 Å². The molecule has 0 aliphatic carbocycles. The Morgan fingerprint density at radius 3 is 2.57 bits per heavy atom. The van der Waals surface area contributed by atoms with Crippen LogP contribution >= 0.6 is 0 Å². The largest absolute Gasteiger partial charge is 0.497 e. The number of fused-ring (bicyclic) bond motifs is 1. The number of hydrogen-bond acceptors (Lipinski definition) is 3. The van der Waals surface area contributed by atoms with Gasteiger partial charge < -0.3 is 14.4 Å². The van der Waals surface area contributed by atoms with Gasteiger partial charge in [-0.1, -0.05) is 24.3 Å². The molecule has 2 aromatic carbocycles. The van der Waals surface area contributed by atoms with Gasteiger partial charge in [-0.15, -0.1) is 6.58 Å². The van der Waals surface area contributed by atoms with E-state index in [0.717, 1.165) is 10.9 Å². The number of aromatic nitrogens is 1. The van der Waals surface area contributed by atoms with E-state index in [4.69, 9.17) is 4.74 Å². The van der Waals surface area contributed by atoms with Gasteiger partial charge in [0.2, 0.25) is 5.88 Å². The molecule has 0 amide bonds. The van der Waals surface area contributed by atoms with E-state index in [1.807, 2.05) is 24.3 Å². The number of hydrogen-bond donors (Lipinski definition) is 1. The number of methoxy groups -OCH3 is 1. The van der Waals surface area contributed by atoms with Crippen molar-refractivity contribution < 1.29 is 14.6 Å². The number of ether oxygens (including phenoxy) is 1. The van der Waals surface area contributed by atoms with Gasteiger partial charge in [0.05, 0.1) is 18.2 Å². The molecule has 4 heteroatoms. The molecule has 0 radical (unpaired) electrons. The van der Waals surface area contributed by atoms with Crippen LogP contribution in [0.2, 0.25) is 0 Å². The summed E-state index contributed by atoms with van der Waals surface area (Å²) in [5, 5.41) is 11.3. The second-order valence-corrected chi connectivity index (χ2v) is 5.17. The molecule has 0 saturated carbocycles. The van der Waals surface area contributed by atoms with Crippen LogP contribution in [-0.4, -0.2) is 22.6 Å². The molecule has 3 rings (SSSR count). The predicted octanol–water partition coefficient (Wildman–Crippen LogP) is 3.77. The summed E-state index contributed by atoms with van der Waals surface area (Å²) in [7, 11) is 1.57. The number of para-hydroxylation sites is 1. The molecule has 0 fully saturated rings. The monoisotopic (exact) mass is 307 g/mol.